The molecule has 2 aromatic carbocycles. The molecule has 29 heavy (non-hydrogen) atoms. The van der Waals surface area contributed by atoms with E-state index in [1.165, 1.54) is 0 Å². The van der Waals surface area contributed by atoms with Crippen LogP contribution in [-0.4, -0.2) is 56.2 Å². The van der Waals surface area contributed by atoms with Crippen LogP contribution in [0.3, 0.4) is 0 Å². The van der Waals surface area contributed by atoms with Crippen molar-refractivity contribution in [2.75, 3.05) is 25.1 Å². The third-order valence-corrected chi connectivity index (χ3v) is 4.75. The van der Waals surface area contributed by atoms with Gasteiger partial charge in [-0.2, -0.15) is 0 Å². The fourth-order valence-corrected chi connectivity index (χ4v) is 3.41. The molecule has 2 N–H and O–H groups in total. The van der Waals surface area contributed by atoms with E-state index < -0.39 is 18.3 Å². The Bertz CT molecular complexity index is 832. The number of benzene rings is 2. The Balaban J connectivity index is 1.24. The number of nitrogens with one attached hydrogen (secondary N) is 2. The van der Waals surface area contributed by atoms with E-state index in [9.17, 15) is 9.59 Å². The van der Waals surface area contributed by atoms with Crippen LogP contribution in [-0.2, 0) is 19.0 Å². The van der Waals surface area contributed by atoms with Crippen molar-refractivity contribution in [2.45, 2.75) is 24.4 Å². The predicted molar refractivity (Wildman–Crippen MR) is 104 cm³/mol. The van der Waals surface area contributed by atoms with Gasteiger partial charge in [0.1, 0.15) is 18.0 Å². The highest BCUT2D eigenvalue weighted by Crippen LogP contribution is 2.29. The molecule has 2 fully saturated rings. The second-order valence-corrected chi connectivity index (χ2v) is 6.81. The van der Waals surface area contributed by atoms with Crippen LogP contribution in [0.5, 0.6) is 5.75 Å². The van der Waals surface area contributed by atoms with Gasteiger partial charge in [-0.3, -0.25) is 10.1 Å². The van der Waals surface area contributed by atoms with Crippen LogP contribution in [0.1, 0.15) is 0 Å². The maximum atomic E-state index is 12.2. The van der Waals surface area contributed by atoms with Gasteiger partial charge < -0.3 is 24.3 Å². The van der Waals surface area contributed by atoms with Gasteiger partial charge in [-0.25, -0.2) is 4.79 Å². The molecule has 2 amide bonds. The van der Waals surface area contributed by atoms with Crippen LogP contribution in [0.4, 0.5) is 10.5 Å². The Labute approximate surface area is 168 Å². The number of carbonyl (C=O) groups is 2. The lowest BCUT2D eigenvalue weighted by Gasteiger charge is -2.18. The van der Waals surface area contributed by atoms with Gasteiger partial charge in [0.25, 0.3) is 5.91 Å². The molecule has 0 radical (unpaired) electrons. The fraction of sp³-hybridized carbons (Fsp3) is 0.333. The monoisotopic (exact) mass is 398 g/mol. The molecule has 0 aromatic heterocycles. The molecule has 2 aliphatic heterocycles. The summed E-state index contributed by atoms with van der Waals surface area (Å²) in [6.07, 6.45) is -1.90. The van der Waals surface area contributed by atoms with Gasteiger partial charge in [-0.1, -0.05) is 36.4 Å². The summed E-state index contributed by atoms with van der Waals surface area (Å²) in [5.41, 5.74) is 0.642. The summed E-state index contributed by atoms with van der Waals surface area (Å²) < 4.78 is 22.4. The minimum atomic E-state index is -0.571. The number of hydrogen-bond acceptors (Lipinski definition) is 6. The van der Waals surface area contributed by atoms with Gasteiger partial charge in [-0.15, -0.1) is 0 Å². The highest BCUT2D eigenvalue weighted by Gasteiger charge is 2.50. The molecule has 152 valence electrons. The van der Waals surface area contributed by atoms with Crippen molar-refractivity contribution in [1.29, 1.82) is 0 Å². The summed E-state index contributed by atoms with van der Waals surface area (Å²) in [5, 5.41) is 5.53. The number of anilines is 1. The molecule has 8 nitrogen and oxygen atoms in total. The quantitative estimate of drug-likeness (QED) is 0.773. The van der Waals surface area contributed by atoms with Crippen molar-refractivity contribution >= 4 is 17.7 Å². The fourth-order valence-electron chi connectivity index (χ4n) is 3.41. The third kappa shape index (κ3) is 4.85. The smallest absolute Gasteiger partial charge is 0.412 e. The first-order valence-corrected chi connectivity index (χ1v) is 9.42. The Hall–Kier alpha value is -3.10. The topological polar surface area (TPSA) is 95.1 Å². The molecule has 0 saturated carbocycles. The lowest BCUT2D eigenvalue weighted by molar-refractivity contribution is -0.124. The van der Waals surface area contributed by atoms with Gasteiger partial charge in [0.05, 0.1) is 19.3 Å². The minimum Gasteiger partial charge on any atom is -0.484 e. The van der Waals surface area contributed by atoms with E-state index in [0.29, 0.717) is 11.4 Å². The van der Waals surface area contributed by atoms with Crippen molar-refractivity contribution < 1.29 is 28.5 Å². The normalized spacial score (nSPS) is 25.1. The van der Waals surface area contributed by atoms with E-state index in [4.69, 9.17) is 18.9 Å². The number of fused-ring (bicyclic) bond motifs is 1. The van der Waals surface area contributed by atoms with E-state index >= 15 is 0 Å². The molecule has 4 rings (SSSR count). The third-order valence-electron chi connectivity index (χ3n) is 4.75. The van der Waals surface area contributed by atoms with Crippen molar-refractivity contribution in [3.63, 3.8) is 0 Å². The van der Waals surface area contributed by atoms with Crippen molar-refractivity contribution in [3.05, 3.63) is 60.7 Å². The maximum absolute atomic E-state index is 12.2. The van der Waals surface area contributed by atoms with Crippen LogP contribution in [0.25, 0.3) is 0 Å². The van der Waals surface area contributed by atoms with E-state index in [1.807, 2.05) is 36.4 Å². The molecule has 2 aliphatic rings. The minimum absolute atomic E-state index is 0.0999. The molecule has 4 atom stereocenters. The van der Waals surface area contributed by atoms with Gasteiger partial charge >= 0.3 is 6.09 Å². The molecule has 2 heterocycles. The van der Waals surface area contributed by atoms with Crippen LogP contribution in [0, 0.1) is 0 Å². The first-order valence-electron chi connectivity index (χ1n) is 9.42. The zero-order valence-electron chi connectivity index (χ0n) is 15.7. The van der Waals surface area contributed by atoms with E-state index in [0.717, 1.165) is 0 Å². The molecule has 4 unspecified atom stereocenters. The zero-order valence-corrected chi connectivity index (χ0v) is 15.7. The first kappa shape index (κ1) is 19.2. The Morgan fingerprint density at radius 3 is 2.38 bits per heavy atom. The number of hydrogen-bond donors (Lipinski definition) is 2. The number of para-hydroxylation sites is 2. The molecular weight excluding hydrogens is 376 g/mol. The summed E-state index contributed by atoms with van der Waals surface area (Å²) in [6.45, 7) is 0.397. The van der Waals surface area contributed by atoms with Crippen molar-refractivity contribution in [3.8, 4) is 5.75 Å². The Kier molecular flexibility index (Phi) is 5.92. The van der Waals surface area contributed by atoms with E-state index in [2.05, 4.69) is 10.6 Å². The van der Waals surface area contributed by atoms with Crippen molar-refractivity contribution in [1.82, 2.24) is 5.32 Å². The summed E-state index contributed by atoms with van der Waals surface area (Å²) in [7, 11) is 0. The molecule has 0 bridgehead atoms. The molecule has 8 heteroatoms. The van der Waals surface area contributed by atoms with E-state index in [-0.39, 0.29) is 37.9 Å². The largest absolute Gasteiger partial charge is 0.484 e. The Morgan fingerprint density at radius 1 is 0.931 bits per heavy atom. The first-order chi connectivity index (χ1) is 14.2. The summed E-state index contributed by atoms with van der Waals surface area (Å²) >= 11 is 0. The van der Waals surface area contributed by atoms with E-state index in [1.54, 1.807) is 24.3 Å². The highest BCUT2D eigenvalue weighted by molar-refractivity contribution is 5.84. The summed E-state index contributed by atoms with van der Waals surface area (Å²) in [6, 6.07) is 17.8. The predicted octanol–water partition coefficient (Wildman–Crippen LogP) is 1.97. The van der Waals surface area contributed by atoms with Gasteiger partial charge in [0.15, 0.2) is 12.7 Å². The second-order valence-electron chi connectivity index (χ2n) is 6.81. The molecule has 2 saturated heterocycles. The van der Waals surface area contributed by atoms with Crippen LogP contribution < -0.4 is 15.4 Å². The van der Waals surface area contributed by atoms with Crippen molar-refractivity contribution in [2.24, 2.45) is 0 Å². The molecule has 0 spiro atoms. The van der Waals surface area contributed by atoms with Crippen LogP contribution >= 0.6 is 0 Å². The number of ether oxygens (including phenoxy) is 4. The maximum Gasteiger partial charge on any atom is 0.412 e. The van der Waals surface area contributed by atoms with Gasteiger partial charge in [0.2, 0.25) is 0 Å². The average Bonchev–Trinajstić information content (AvgIpc) is 3.31. The summed E-state index contributed by atoms with van der Waals surface area (Å²) in [5.74, 6) is 0.357. The zero-order chi connectivity index (χ0) is 20.1. The molecule has 0 aliphatic carbocycles. The van der Waals surface area contributed by atoms with Crippen LogP contribution in [0.2, 0.25) is 0 Å². The Morgan fingerprint density at radius 2 is 1.62 bits per heavy atom. The molecule has 2 aromatic rings. The standard InChI is InChI=1S/C21H22N2O6/c24-18(13-26-15-9-5-2-6-10-15)23-16-11-27-20-17(12-28-19(16)20)29-21(25)22-14-7-3-1-4-8-14/h1-10,16-17,19-20H,11-13H2,(H,22,25)(H,23,24). The summed E-state index contributed by atoms with van der Waals surface area (Å²) in [4.78, 5) is 24.3. The van der Waals surface area contributed by atoms with Crippen LogP contribution in [0.15, 0.2) is 60.7 Å². The lowest BCUT2D eigenvalue weighted by Crippen LogP contribution is -2.46. The molecular formula is C21H22N2O6. The van der Waals surface area contributed by atoms with Gasteiger partial charge in [0, 0.05) is 5.69 Å². The lowest BCUT2D eigenvalue weighted by atomic mass is 10.1. The number of rotatable bonds is 6. The SMILES string of the molecule is O=C(COc1ccccc1)NC1COC2C(OC(=O)Nc3ccccc3)COC12. The number of amides is 2. The highest BCUT2D eigenvalue weighted by atomic mass is 16.6. The second kappa shape index (κ2) is 8.93. The average molecular weight is 398 g/mol. The number of carbonyl (C=O) groups excluding carboxylic acids is 2. The van der Waals surface area contributed by atoms with Gasteiger partial charge in [-0.05, 0) is 24.3 Å².